The average Bonchev–Trinajstić information content (AvgIpc) is 3.20. The van der Waals surface area contributed by atoms with Crippen molar-refractivity contribution in [1.29, 1.82) is 0 Å². The Labute approximate surface area is 322 Å². The van der Waals surface area contributed by atoms with Crippen LogP contribution in [-0.2, 0) is 23.1 Å². The number of methoxy groups -OCH3 is 2. The molecule has 3 aromatic heterocycles. The number of nitrogens with one attached hydrogen (secondary N) is 1. The zero-order chi connectivity index (χ0) is 38.5. The number of hydrogen-bond donors (Lipinski definition) is 1. The Morgan fingerprint density at radius 2 is 1.47 bits per heavy atom. The second kappa shape index (κ2) is 16.3. The van der Waals surface area contributed by atoms with Crippen LogP contribution in [0.1, 0.15) is 35.5 Å². The number of aryl methyl sites for hydroxylation is 1. The number of benzene rings is 3. The molecule has 0 radical (unpaired) electrons. The van der Waals surface area contributed by atoms with E-state index < -0.39 is 10.0 Å². The number of aromatic nitrogens is 5. The molecule has 55 heavy (non-hydrogen) atoms. The molecule has 14 heteroatoms. The number of piperazine rings is 1. The minimum absolute atomic E-state index is 0.0454. The number of hydrogen-bond acceptors (Lipinski definition) is 12. The lowest BCUT2D eigenvalue weighted by Gasteiger charge is -2.37. The summed E-state index contributed by atoms with van der Waals surface area (Å²) in [7, 11) is 0.0634. The molecule has 1 atom stereocenters. The van der Waals surface area contributed by atoms with Crippen LogP contribution in [0.15, 0.2) is 97.3 Å². The summed E-state index contributed by atoms with van der Waals surface area (Å²) in [6.45, 7) is 7.14. The maximum atomic E-state index is 12.2. The van der Waals surface area contributed by atoms with Crippen LogP contribution < -0.4 is 19.7 Å². The molecule has 7 rings (SSSR count). The fraction of sp³-hybridized carbons (Fsp3) is 0.293. The Bertz CT molecular complexity index is 2320. The summed E-state index contributed by atoms with van der Waals surface area (Å²) in [6.07, 6.45) is 4.91. The Morgan fingerprint density at radius 3 is 2.09 bits per heavy atom. The van der Waals surface area contributed by atoms with E-state index in [4.69, 9.17) is 29.4 Å². The molecule has 0 amide bonds. The van der Waals surface area contributed by atoms with E-state index in [0.717, 1.165) is 44.8 Å². The van der Waals surface area contributed by atoms with Gasteiger partial charge in [-0.15, -0.1) is 0 Å². The number of ether oxygens (including phenoxy) is 2. The topological polar surface area (TPSA) is 139 Å². The lowest BCUT2D eigenvalue weighted by Crippen LogP contribution is -2.48. The van der Waals surface area contributed by atoms with Crippen molar-refractivity contribution >= 4 is 38.4 Å². The van der Waals surface area contributed by atoms with E-state index in [9.17, 15) is 8.42 Å². The third kappa shape index (κ3) is 8.99. The monoisotopic (exact) mass is 759 g/mol. The van der Waals surface area contributed by atoms with Crippen molar-refractivity contribution in [2.45, 2.75) is 33.0 Å². The van der Waals surface area contributed by atoms with Crippen molar-refractivity contribution in [3.05, 3.63) is 120 Å². The lowest BCUT2D eigenvalue weighted by molar-refractivity contribution is 0.146. The first-order valence-corrected chi connectivity index (χ1v) is 20.0. The average molecular weight is 760 g/mol. The molecule has 0 spiro atoms. The van der Waals surface area contributed by atoms with Crippen LogP contribution in [0.3, 0.4) is 0 Å². The predicted molar refractivity (Wildman–Crippen MR) is 215 cm³/mol. The Kier molecular flexibility index (Phi) is 11.2. The minimum atomic E-state index is -3.25. The highest BCUT2D eigenvalue weighted by Crippen LogP contribution is 2.33. The molecule has 1 aliphatic heterocycles. The molecular formula is C41H45N9O4S. The van der Waals surface area contributed by atoms with Crippen LogP contribution in [0, 0.1) is 6.92 Å². The second-order valence-electron chi connectivity index (χ2n) is 13.6. The van der Waals surface area contributed by atoms with Gasteiger partial charge in [-0.1, -0.05) is 36.4 Å². The van der Waals surface area contributed by atoms with Gasteiger partial charge in [0.25, 0.3) is 0 Å². The van der Waals surface area contributed by atoms with Crippen LogP contribution in [0.4, 0.5) is 17.5 Å². The van der Waals surface area contributed by atoms with Gasteiger partial charge < -0.3 is 19.7 Å². The summed E-state index contributed by atoms with van der Waals surface area (Å²) in [5.41, 5.74) is 5.48. The van der Waals surface area contributed by atoms with Crippen molar-refractivity contribution in [3.63, 3.8) is 0 Å². The normalized spacial score (nSPS) is 14.4. The van der Waals surface area contributed by atoms with Gasteiger partial charge in [0.05, 0.1) is 31.6 Å². The van der Waals surface area contributed by atoms with E-state index in [-0.39, 0.29) is 6.04 Å². The second-order valence-corrected chi connectivity index (χ2v) is 15.6. The molecule has 0 bridgehead atoms. The zero-order valence-corrected chi connectivity index (χ0v) is 32.5. The quantitative estimate of drug-likeness (QED) is 0.140. The highest BCUT2D eigenvalue weighted by molar-refractivity contribution is 7.88. The smallest absolute Gasteiger partial charge is 0.229 e. The van der Waals surface area contributed by atoms with Gasteiger partial charge >= 0.3 is 0 Å². The van der Waals surface area contributed by atoms with E-state index >= 15 is 0 Å². The Morgan fingerprint density at radius 1 is 0.818 bits per heavy atom. The number of anilines is 3. The summed E-state index contributed by atoms with van der Waals surface area (Å²) in [6, 6.07) is 28.0. The molecular weight excluding hydrogens is 715 g/mol. The number of fused-ring (bicyclic) bond motifs is 1. The lowest BCUT2D eigenvalue weighted by atomic mass is 10.0. The van der Waals surface area contributed by atoms with Gasteiger partial charge in [-0.05, 0) is 79.1 Å². The number of rotatable bonds is 13. The van der Waals surface area contributed by atoms with Gasteiger partial charge in [-0.2, -0.15) is 14.3 Å². The van der Waals surface area contributed by atoms with Crippen LogP contribution in [-0.4, -0.2) is 89.2 Å². The summed E-state index contributed by atoms with van der Waals surface area (Å²) in [5, 5.41) is 4.56. The van der Waals surface area contributed by atoms with Crippen molar-refractivity contribution in [3.8, 4) is 22.9 Å². The summed E-state index contributed by atoms with van der Waals surface area (Å²) in [4.78, 5) is 28.8. The molecule has 6 aromatic rings. The van der Waals surface area contributed by atoms with Crippen LogP contribution in [0.2, 0.25) is 0 Å². The summed E-state index contributed by atoms with van der Waals surface area (Å²) < 4.78 is 36.8. The highest BCUT2D eigenvalue weighted by atomic mass is 32.2. The van der Waals surface area contributed by atoms with Gasteiger partial charge in [0, 0.05) is 68.8 Å². The first kappa shape index (κ1) is 37.6. The van der Waals surface area contributed by atoms with Crippen molar-refractivity contribution in [1.82, 2.24) is 34.1 Å². The van der Waals surface area contributed by atoms with E-state index in [2.05, 4.69) is 33.1 Å². The molecule has 1 N–H and O–H groups in total. The van der Waals surface area contributed by atoms with Gasteiger partial charge in [0.1, 0.15) is 23.1 Å². The van der Waals surface area contributed by atoms with Crippen molar-refractivity contribution in [2.75, 3.05) is 56.9 Å². The van der Waals surface area contributed by atoms with Gasteiger partial charge in [-0.25, -0.2) is 18.4 Å². The fourth-order valence-corrected chi connectivity index (χ4v) is 7.55. The predicted octanol–water partition coefficient (Wildman–Crippen LogP) is 6.40. The van der Waals surface area contributed by atoms with E-state index in [0.29, 0.717) is 68.2 Å². The summed E-state index contributed by atoms with van der Waals surface area (Å²) >= 11 is 0. The molecule has 13 nitrogen and oxygen atoms in total. The largest absolute Gasteiger partial charge is 0.497 e. The standard InChI is InChI=1S/C41H45N9O4S/c1-28(48-19-21-50(22-20-48)55(5,51)52)33-23-37(39(43-25-33)46-34-13-12-32-7-6-18-42-38(32)24-34)40-44-29(2)45-41(47-40)49(26-30-8-14-35(53-3)15-9-30)27-31-10-16-36(54-4)17-11-31/h6-18,23-25,28H,19-22,26-27H2,1-5H3,(H,43,46). The van der Waals surface area contributed by atoms with Crippen LogP contribution in [0.25, 0.3) is 22.3 Å². The molecule has 1 unspecified atom stereocenters. The maximum Gasteiger partial charge on any atom is 0.229 e. The van der Waals surface area contributed by atoms with Gasteiger partial charge in [-0.3, -0.25) is 9.88 Å². The molecule has 1 saturated heterocycles. The van der Waals surface area contributed by atoms with Gasteiger partial charge in [0.15, 0.2) is 5.82 Å². The van der Waals surface area contributed by atoms with Gasteiger partial charge in [0.2, 0.25) is 16.0 Å². The summed E-state index contributed by atoms with van der Waals surface area (Å²) in [5.74, 6) is 3.70. The molecule has 4 heterocycles. The minimum Gasteiger partial charge on any atom is -0.497 e. The third-order valence-corrected chi connectivity index (χ3v) is 11.2. The molecule has 1 fully saturated rings. The van der Waals surface area contributed by atoms with E-state index in [1.54, 1.807) is 20.4 Å². The first-order chi connectivity index (χ1) is 26.6. The molecule has 1 aliphatic rings. The number of nitrogens with zero attached hydrogens (tertiary/aromatic N) is 8. The maximum absolute atomic E-state index is 12.2. The molecule has 3 aromatic carbocycles. The SMILES string of the molecule is COc1ccc(CN(Cc2ccc(OC)cc2)c2nc(C)nc(-c3cc(C(C)N4CCN(S(C)(=O)=O)CC4)cnc3Nc3ccc4cccnc4c3)n2)cc1. The number of sulfonamides is 1. The Hall–Kier alpha value is -5.70. The molecule has 284 valence electrons. The van der Waals surface area contributed by atoms with E-state index in [1.165, 1.54) is 10.6 Å². The van der Waals surface area contributed by atoms with Crippen LogP contribution >= 0.6 is 0 Å². The van der Waals surface area contributed by atoms with Crippen molar-refractivity contribution < 1.29 is 17.9 Å². The number of pyridine rings is 2. The van der Waals surface area contributed by atoms with E-state index in [1.807, 2.05) is 92.0 Å². The highest BCUT2D eigenvalue weighted by Gasteiger charge is 2.28. The fourth-order valence-electron chi connectivity index (χ4n) is 6.72. The molecule has 0 aliphatic carbocycles. The van der Waals surface area contributed by atoms with Crippen LogP contribution in [0.5, 0.6) is 11.5 Å². The zero-order valence-electron chi connectivity index (χ0n) is 31.7. The third-order valence-electron chi connectivity index (χ3n) is 9.87. The Balaban J connectivity index is 1.28. The molecule has 0 saturated carbocycles. The van der Waals surface area contributed by atoms with Crippen molar-refractivity contribution in [2.24, 2.45) is 0 Å². The first-order valence-electron chi connectivity index (χ1n) is 18.1.